The molecule has 0 saturated carbocycles. The lowest BCUT2D eigenvalue weighted by molar-refractivity contribution is 0.0671. The summed E-state index contributed by atoms with van der Waals surface area (Å²) < 4.78 is 26.2. The van der Waals surface area contributed by atoms with Gasteiger partial charge in [-0.15, -0.1) is 0 Å². The summed E-state index contributed by atoms with van der Waals surface area (Å²) in [6.45, 7) is 2.28. The first kappa shape index (κ1) is 13.8. The van der Waals surface area contributed by atoms with Crippen molar-refractivity contribution in [3.05, 3.63) is 18.2 Å². The van der Waals surface area contributed by atoms with Crippen molar-refractivity contribution in [2.24, 2.45) is 4.99 Å². The maximum absolute atomic E-state index is 12.7. The lowest BCUT2D eigenvalue weighted by atomic mass is 10.4. The fourth-order valence-corrected chi connectivity index (χ4v) is 2.14. The summed E-state index contributed by atoms with van der Waals surface area (Å²) in [6.07, 6.45) is 4.95. The monoisotopic (exact) mass is 271 g/mol. The van der Waals surface area contributed by atoms with Crippen molar-refractivity contribution in [1.29, 1.82) is 0 Å². The molecular formula is C12H19F2N5. The zero-order chi connectivity index (χ0) is 13.7. The summed E-state index contributed by atoms with van der Waals surface area (Å²) in [5.74, 6) is 1.06. The molecule has 1 aliphatic heterocycles. The van der Waals surface area contributed by atoms with E-state index < -0.39 is 6.55 Å². The Balaban J connectivity index is 2.06. The standard InChI is InChI=1S/C12H19F2N5/c1-2-15-12(18-6-3-4-7-18)17-9-10-16-5-8-19(10)11(13)14/h5,8,11H,2-4,6-7,9H2,1H3,(H,15,17). The van der Waals surface area contributed by atoms with Crippen molar-refractivity contribution in [3.63, 3.8) is 0 Å². The maximum atomic E-state index is 12.7. The number of nitrogens with one attached hydrogen (secondary N) is 1. The zero-order valence-electron chi connectivity index (χ0n) is 11.0. The minimum absolute atomic E-state index is 0.163. The molecule has 1 aliphatic rings. The van der Waals surface area contributed by atoms with Crippen molar-refractivity contribution < 1.29 is 8.78 Å². The van der Waals surface area contributed by atoms with Gasteiger partial charge in [-0.05, 0) is 19.8 Å². The van der Waals surface area contributed by atoms with Crippen LogP contribution in [0.25, 0.3) is 0 Å². The number of guanidine groups is 1. The molecule has 0 atom stereocenters. The molecule has 1 saturated heterocycles. The number of hydrogen-bond donors (Lipinski definition) is 1. The third-order valence-electron chi connectivity index (χ3n) is 3.07. The van der Waals surface area contributed by atoms with E-state index in [2.05, 4.69) is 20.2 Å². The molecule has 2 heterocycles. The van der Waals surface area contributed by atoms with Crippen LogP contribution in [-0.4, -0.2) is 40.0 Å². The van der Waals surface area contributed by atoms with Gasteiger partial charge in [0.1, 0.15) is 12.4 Å². The largest absolute Gasteiger partial charge is 0.357 e. The number of aliphatic imine (C=N–C) groups is 1. The van der Waals surface area contributed by atoms with Crippen LogP contribution in [0.2, 0.25) is 0 Å². The normalized spacial score (nSPS) is 16.4. The molecule has 1 N–H and O–H groups in total. The molecule has 106 valence electrons. The molecule has 0 aliphatic carbocycles. The van der Waals surface area contributed by atoms with Gasteiger partial charge in [0, 0.05) is 32.0 Å². The number of halogens is 2. The second kappa shape index (κ2) is 6.49. The summed E-state index contributed by atoms with van der Waals surface area (Å²) in [5, 5.41) is 3.19. The van der Waals surface area contributed by atoms with Crippen LogP contribution in [0.5, 0.6) is 0 Å². The SMILES string of the molecule is CCNC(=NCc1nccn1C(F)F)N1CCCC1. The van der Waals surface area contributed by atoms with E-state index in [0.29, 0.717) is 0 Å². The van der Waals surface area contributed by atoms with Gasteiger partial charge >= 0.3 is 6.55 Å². The van der Waals surface area contributed by atoms with E-state index in [-0.39, 0.29) is 12.4 Å². The van der Waals surface area contributed by atoms with Crippen LogP contribution in [0.3, 0.4) is 0 Å². The first-order valence-electron chi connectivity index (χ1n) is 6.55. The Morgan fingerprint density at radius 1 is 1.47 bits per heavy atom. The average molecular weight is 271 g/mol. The minimum Gasteiger partial charge on any atom is -0.357 e. The minimum atomic E-state index is -2.57. The lowest BCUT2D eigenvalue weighted by Crippen LogP contribution is -2.39. The quantitative estimate of drug-likeness (QED) is 0.671. The Labute approximate surface area is 111 Å². The summed E-state index contributed by atoms with van der Waals surface area (Å²) in [4.78, 5) is 10.5. The number of rotatable bonds is 4. The molecule has 0 amide bonds. The molecule has 1 aromatic rings. The van der Waals surface area contributed by atoms with Crippen LogP contribution < -0.4 is 5.32 Å². The summed E-state index contributed by atoms with van der Waals surface area (Å²) >= 11 is 0. The lowest BCUT2D eigenvalue weighted by Gasteiger charge is -2.20. The fraction of sp³-hybridized carbons (Fsp3) is 0.667. The highest BCUT2D eigenvalue weighted by Crippen LogP contribution is 2.13. The van der Waals surface area contributed by atoms with Crippen LogP contribution in [0.1, 0.15) is 32.1 Å². The van der Waals surface area contributed by atoms with Crippen molar-refractivity contribution in [3.8, 4) is 0 Å². The molecule has 0 bridgehead atoms. The Kier molecular flexibility index (Phi) is 4.70. The first-order valence-corrected chi connectivity index (χ1v) is 6.55. The second-order valence-corrected chi connectivity index (χ2v) is 4.39. The highest BCUT2D eigenvalue weighted by molar-refractivity contribution is 5.80. The molecular weight excluding hydrogens is 252 g/mol. The summed E-state index contributed by atoms with van der Waals surface area (Å²) in [5.41, 5.74) is 0. The molecule has 1 fully saturated rings. The van der Waals surface area contributed by atoms with Crippen LogP contribution >= 0.6 is 0 Å². The molecule has 0 spiro atoms. The van der Waals surface area contributed by atoms with Gasteiger partial charge in [0.25, 0.3) is 0 Å². The molecule has 0 radical (unpaired) electrons. The van der Waals surface area contributed by atoms with E-state index in [1.54, 1.807) is 0 Å². The highest BCUT2D eigenvalue weighted by Gasteiger charge is 2.16. The molecule has 0 aromatic carbocycles. The number of likely N-dealkylation sites (tertiary alicyclic amines) is 1. The third-order valence-corrected chi connectivity index (χ3v) is 3.07. The Morgan fingerprint density at radius 2 is 2.21 bits per heavy atom. The summed E-state index contributed by atoms with van der Waals surface area (Å²) in [7, 11) is 0. The van der Waals surface area contributed by atoms with Gasteiger partial charge in [0.15, 0.2) is 5.96 Å². The maximum Gasteiger partial charge on any atom is 0.319 e. The number of imidazole rings is 1. The van der Waals surface area contributed by atoms with Gasteiger partial charge < -0.3 is 10.2 Å². The van der Waals surface area contributed by atoms with E-state index in [0.717, 1.165) is 43.0 Å². The summed E-state index contributed by atoms with van der Waals surface area (Å²) in [6, 6.07) is 0. The Morgan fingerprint density at radius 3 is 2.84 bits per heavy atom. The molecule has 5 nitrogen and oxygen atoms in total. The Bertz CT molecular complexity index is 424. The number of aromatic nitrogens is 2. The second-order valence-electron chi connectivity index (χ2n) is 4.39. The molecule has 19 heavy (non-hydrogen) atoms. The number of nitrogens with zero attached hydrogens (tertiary/aromatic N) is 4. The smallest absolute Gasteiger partial charge is 0.319 e. The van der Waals surface area contributed by atoms with E-state index in [4.69, 9.17) is 0 Å². The molecule has 1 aromatic heterocycles. The van der Waals surface area contributed by atoms with E-state index in [1.165, 1.54) is 12.4 Å². The van der Waals surface area contributed by atoms with E-state index in [9.17, 15) is 8.78 Å². The van der Waals surface area contributed by atoms with Gasteiger partial charge in [0.05, 0.1) is 0 Å². The topological polar surface area (TPSA) is 45.5 Å². The Hall–Kier alpha value is -1.66. The van der Waals surface area contributed by atoms with Crippen LogP contribution in [0.4, 0.5) is 8.78 Å². The van der Waals surface area contributed by atoms with Crippen molar-refractivity contribution in [1.82, 2.24) is 19.8 Å². The van der Waals surface area contributed by atoms with Gasteiger partial charge in [-0.3, -0.25) is 4.57 Å². The van der Waals surface area contributed by atoms with E-state index in [1.807, 2.05) is 6.92 Å². The zero-order valence-corrected chi connectivity index (χ0v) is 11.0. The number of hydrogen-bond acceptors (Lipinski definition) is 2. The molecule has 2 rings (SSSR count). The first-order chi connectivity index (χ1) is 9.22. The van der Waals surface area contributed by atoms with Crippen LogP contribution in [-0.2, 0) is 6.54 Å². The third kappa shape index (κ3) is 3.42. The van der Waals surface area contributed by atoms with Crippen LogP contribution in [0, 0.1) is 0 Å². The van der Waals surface area contributed by atoms with E-state index >= 15 is 0 Å². The predicted molar refractivity (Wildman–Crippen MR) is 69.1 cm³/mol. The molecule has 0 unspecified atom stereocenters. The van der Waals surface area contributed by atoms with Gasteiger partial charge in [0.2, 0.25) is 0 Å². The van der Waals surface area contributed by atoms with Crippen molar-refractivity contribution in [2.75, 3.05) is 19.6 Å². The van der Waals surface area contributed by atoms with Crippen molar-refractivity contribution in [2.45, 2.75) is 32.9 Å². The number of alkyl halides is 2. The highest BCUT2D eigenvalue weighted by atomic mass is 19.3. The fourth-order valence-electron chi connectivity index (χ4n) is 2.14. The average Bonchev–Trinajstić information content (AvgIpc) is 3.05. The van der Waals surface area contributed by atoms with Gasteiger partial charge in [-0.1, -0.05) is 0 Å². The van der Waals surface area contributed by atoms with Crippen LogP contribution in [0.15, 0.2) is 17.4 Å². The predicted octanol–water partition coefficient (Wildman–Crippen LogP) is 1.84. The van der Waals surface area contributed by atoms with Gasteiger partial charge in [-0.2, -0.15) is 8.78 Å². The van der Waals surface area contributed by atoms with Crippen molar-refractivity contribution >= 4 is 5.96 Å². The van der Waals surface area contributed by atoms with Gasteiger partial charge in [-0.25, -0.2) is 9.98 Å². The molecule has 7 heteroatoms.